The third-order valence-corrected chi connectivity index (χ3v) is 6.39. The van der Waals surface area contributed by atoms with Crippen LogP contribution in [0.15, 0.2) is 18.5 Å². The quantitative estimate of drug-likeness (QED) is 0.584. The van der Waals surface area contributed by atoms with E-state index in [1.165, 1.54) is 0 Å². The summed E-state index contributed by atoms with van der Waals surface area (Å²) >= 11 is 0. The molecule has 2 atom stereocenters. The second kappa shape index (κ2) is 11.9. The summed E-state index contributed by atoms with van der Waals surface area (Å²) in [5.74, 6) is 0.0912. The van der Waals surface area contributed by atoms with Crippen LogP contribution < -0.4 is 10.6 Å². The molecule has 0 aromatic carbocycles. The smallest absolute Gasteiger partial charge is 0.290 e. The lowest BCUT2D eigenvalue weighted by Gasteiger charge is -2.36. The van der Waals surface area contributed by atoms with Gasteiger partial charge in [-0.25, -0.2) is 0 Å². The lowest BCUT2D eigenvalue weighted by Crippen LogP contribution is -2.49. The third-order valence-electron chi connectivity index (χ3n) is 6.39. The van der Waals surface area contributed by atoms with E-state index in [-0.39, 0.29) is 30.2 Å². The van der Waals surface area contributed by atoms with Crippen molar-refractivity contribution >= 4 is 18.3 Å². The number of ether oxygens (including phenoxy) is 1. The maximum atomic E-state index is 12.8. The average Bonchev–Trinajstić information content (AvgIpc) is 3.62. The summed E-state index contributed by atoms with van der Waals surface area (Å²) in [6, 6.07) is 2.68. The fourth-order valence-electron chi connectivity index (χ4n) is 4.42. The van der Waals surface area contributed by atoms with E-state index in [2.05, 4.69) is 20.5 Å². The molecule has 1 aliphatic carbocycles. The number of amides is 2. The SMILES string of the molecule is Cc1ccncc1C(=O)N[C@H]1CC[C@@H](C(=O)NC2CC2)CN(C2CCOCC2)C1.O=CO. The van der Waals surface area contributed by atoms with Crippen molar-refractivity contribution < 1.29 is 24.2 Å². The molecule has 2 amide bonds. The van der Waals surface area contributed by atoms with Gasteiger partial charge in [-0.05, 0) is 57.1 Å². The second-order valence-electron chi connectivity index (χ2n) is 8.82. The van der Waals surface area contributed by atoms with Gasteiger partial charge in [0.2, 0.25) is 5.91 Å². The Kier molecular flexibility index (Phi) is 8.99. The minimum atomic E-state index is -0.250. The second-order valence-corrected chi connectivity index (χ2v) is 8.82. The molecule has 0 spiro atoms. The van der Waals surface area contributed by atoms with Crippen LogP contribution in [0.1, 0.15) is 54.4 Å². The zero-order valence-corrected chi connectivity index (χ0v) is 18.7. The molecule has 4 rings (SSSR count). The number of likely N-dealkylation sites (tertiary alicyclic amines) is 1. The first-order chi connectivity index (χ1) is 15.5. The van der Waals surface area contributed by atoms with Crippen LogP contribution in [0.4, 0.5) is 0 Å². The number of hydrogen-bond donors (Lipinski definition) is 3. The molecule has 1 aromatic heterocycles. The fraction of sp³-hybridized carbons (Fsp3) is 0.652. The molecule has 3 heterocycles. The zero-order chi connectivity index (χ0) is 22.9. The Balaban J connectivity index is 0.000000913. The molecule has 2 aliphatic heterocycles. The molecule has 0 bridgehead atoms. The highest BCUT2D eigenvalue weighted by Gasteiger charge is 2.35. The van der Waals surface area contributed by atoms with Crippen molar-refractivity contribution in [1.29, 1.82) is 0 Å². The summed E-state index contributed by atoms with van der Waals surface area (Å²) in [5, 5.41) is 13.3. The molecule has 32 heavy (non-hydrogen) atoms. The van der Waals surface area contributed by atoms with Gasteiger partial charge in [0.15, 0.2) is 0 Å². The number of nitrogens with zero attached hydrogens (tertiary/aromatic N) is 2. The number of aryl methyl sites for hydroxylation is 1. The van der Waals surface area contributed by atoms with E-state index in [1.54, 1.807) is 12.4 Å². The molecule has 0 radical (unpaired) electrons. The highest BCUT2D eigenvalue weighted by molar-refractivity contribution is 5.95. The number of rotatable bonds is 5. The van der Waals surface area contributed by atoms with Gasteiger partial charge in [-0.15, -0.1) is 0 Å². The predicted octanol–water partition coefficient (Wildman–Crippen LogP) is 1.36. The number of aromatic nitrogens is 1. The Bertz CT molecular complexity index is 779. The highest BCUT2D eigenvalue weighted by atomic mass is 16.5. The van der Waals surface area contributed by atoms with Crippen molar-refractivity contribution in [3.05, 3.63) is 29.6 Å². The largest absolute Gasteiger partial charge is 0.483 e. The van der Waals surface area contributed by atoms with Gasteiger partial charge in [-0.2, -0.15) is 0 Å². The Labute approximate surface area is 188 Å². The summed E-state index contributed by atoms with van der Waals surface area (Å²) < 4.78 is 5.54. The van der Waals surface area contributed by atoms with Crippen LogP contribution in [0, 0.1) is 12.8 Å². The molecule has 1 aromatic rings. The third kappa shape index (κ3) is 7.00. The summed E-state index contributed by atoms with van der Waals surface area (Å²) in [4.78, 5) is 40.5. The Hall–Kier alpha value is -2.52. The summed E-state index contributed by atoms with van der Waals surface area (Å²) in [7, 11) is 0. The maximum absolute atomic E-state index is 12.8. The number of hydrogen-bond acceptors (Lipinski definition) is 6. The van der Waals surface area contributed by atoms with Gasteiger partial charge in [0.25, 0.3) is 12.4 Å². The Morgan fingerprint density at radius 1 is 1.09 bits per heavy atom. The number of carbonyl (C=O) groups excluding carboxylic acids is 2. The number of pyridine rings is 1. The molecule has 1 saturated carbocycles. The molecule has 0 unspecified atom stereocenters. The van der Waals surface area contributed by atoms with E-state index in [9.17, 15) is 9.59 Å². The van der Waals surface area contributed by atoms with E-state index in [0.29, 0.717) is 17.6 Å². The molecule has 176 valence electrons. The van der Waals surface area contributed by atoms with Crippen LogP contribution in [0.5, 0.6) is 0 Å². The van der Waals surface area contributed by atoms with Gasteiger partial charge in [0.05, 0.1) is 11.5 Å². The molecular formula is C23H34N4O5. The lowest BCUT2D eigenvalue weighted by molar-refractivity contribution is -0.126. The predicted molar refractivity (Wildman–Crippen MR) is 118 cm³/mol. The Morgan fingerprint density at radius 2 is 1.78 bits per heavy atom. The normalized spacial score (nSPS) is 24.4. The zero-order valence-electron chi connectivity index (χ0n) is 18.7. The van der Waals surface area contributed by atoms with Gasteiger partial charge in [-0.1, -0.05) is 0 Å². The van der Waals surface area contributed by atoms with Crippen LogP contribution in [0.25, 0.3) is 0 Å². The van der Waals surface area contributed by atoms with Crippen LogP contribution in [0.3, 0.4) is 0 Å². The van der Waals surface area contributed by atoms with Crippen molar-refractivity contribution in [2.45, 2.75) is 63.6 Å². The Morgan fingerprint density at radius 3 is 2.44 bits per heavy atom. The van der Waals surface area contributed by atoms with Gasteiger partial charge < -0.3 is 20.5 Å². The average molecular weight is 447 g/mol. The van der Waals surface area contributed by atoms with Crippen LogP contribution in [-0.4, -0.2) is 77.7 Å². The van der Waals surface area contributed by atoms with Gasteiger partial charge in [0.1, 0.15) is 0 Å². The van der Waals surface area contributed by atoms with Crippen molar-refractivity contribution in [2.75, 3.05) is 26.3 Å². The number of carbonyl (C=O) groups is 3. The molecule has 9 nitrogen and oxygen atoms in total. The van der Waals surface area contributed by atoms with Gasteiger partial charge in [-0.3, -0.25) is 24.3 Å². The van der Waals surface area contributed by atoms with E-state index in [0.717, 1.165) is 70.4 Å². The molecule has 9 heteroatoms. The fourth-order valence-corrected chi connectivity index (χ4v) is 4.42. The number of nitrogens with one attached hydrogen (secondary N) is 2. The standard InChI is InChI=1S/C22H32N4O3.CH2O2/c1-15-6-9-23-12-20(15)22(28)25-18-3-2-16(21(27)24-17-4-5-17)13-26(14-18)19-7-10-29-11-8-19;2-1-3/h6,9,12,16-19H,2-5,7-8,10-11,13-14H2,1H3,(H,24,27)(H,25,28);1H,(H,2,3)/t16-,18+;/m1./s1. The lowest BCUT2D eigenvalue weighted by atomic mass is 10.00. The first-order valence-corrected chi connectivity index (χ1v) is 11.4. The van der Waals surface area contributed by atoms with Crippen LogP contribution in [0.2, 0.25) is 0 Å². The first-order valence-electron chi connectivity index (χ1n) is 11.4. The van der Waals surface area contributed by atoms with Crippen LogP contribution >= 0.6 is 0 Å². The van der Waals surface area contributed by atoms with E-state index in [4.69, 9.17) is 14.6 Å². The minimum Gasteiger partial charge on any atom is -0.483 e. The van der Waals surface area contributed by atoms with Gasteiger partial charge in [0, 0.05) is 56.8 Å². The molecule has 3 N–H and O–H groups in total. The van der Waals surface area contributed by atoms with Gasteiger partial charge >= 0.3 is 0 Å². The van der Waals surface area contributed by atoms with Crippen LogP contribution in [-0.2, 0) is 14.3 Å². The van der Waals surface area contributed by atoms with E-state index >= 15 is 0 Å². The molecule has 3 aliphatic rings. The van der Waals surface area contributed by atoms with E-state index in [1.807, 2.05) is 13.0 Å². The topological polar surface area (TPSA) is 121 Å². The highest BCUT2D eigenvalue weighted by Crippen LogP contribution is 2.25. The number of carboxylic acid groups (broad SMARTS) is 1. The molecular weight excluding hydrogens is 412 g/mol. The maximum Gasteiger partial charge on any atom is 0.290 e. The monoisotopic (exact) mass is 446 g/mol. The summed E-state index contributed by atoms with van der Waals surface area (Å²) in [5.41, 5.74) is 1.55. The first kappa shape index (κ1) is 24.1. The van der Waals surface area contributed by atoms with Crippen molar-refractivity contribution in [3.63, 3.8) is 0 Å². The van der Waals surface area contributed by atoms with E-state index < -0.39 is 0 Å². The van der Waals surface area contributed by atoms with Crippen molar-refractivity contribution in [1.82, 2.24) is 20.5 Å². The van der Waals surface area contributed by atoms with Crippen molar-refractivity contribution in [2.24, 2.45) is 5.92 Å². The molecule has 3 fully saturated rings. The summed E-state index contributed by atoms with van der Waals surface area (Å²) in [6.45, 7) is 4.76. The van der Waals surface area contributed by atoms with Crippen molar-refractivity contribution in [3.8, 4) is 0 Å². The minimum absolute atomic E-state index is 0.0134. The molecule has 2 saturated heterocycles. The summed E-state index contributed by atoms with van der Waals surface area (Å²) in [6.07, 6.45) is 9.12.